The molecular formula is C20H23F3N4O3. The Kier molecular flexibility index (Phi) is 4.63. The number of carbonyl (C=O) groups is 1. The third-order valence-corrected chi connectivity index (χ3v) is 5.03. The number of aromatic nitrogens is 2. The van der Waals surface area contributed by atoms with Crippen molar-refractivity contribution in [1.82, 2.24) is 14.7 Å². The fourth-order valence-electron chi connectivity index (χ4n) is 3.78. The van der Waals surface area contributed by atoms with Crippen LogP contribution in [0.4, 0.5) is 23.7 Å². The van der Waals surface area contributed by atoms with Crippen molar-refractivity contribution < 1.29 is 27.4 Å². The maximum Gasteiger partial charge on any atom is 0.573 e. The molecule has 10 heteroatoms. The fraction of sp³-hybridized carbons (Fsp3) is 0.500. The monoisotopic (exact) mass is 424 g/mol. The van der Waals surface area contributed by atoms with Crippen LogP contribution < -0.4 is 9.64 Å². The molecule has 1 aromatic carbocycles. The minimum absolute atomic E-state index is 0.0928. The highest BCUT2D eigenvalue weighted by Crippen LogP contribution is 2.42. The molecule has 7 nitrogen and oxygen atoms in total. The molecule has 2 aliphatic heterocycles. The summed E-state index contributed by atoms with van der Waals surface area (Å²) in [6.07, 6.45) is -1.44. The van der Waals surface area contributed by atoms with Gasteiger partial charge in [0.15, 0.2) is 0 Å². The van der Waals surface area contributed by atoms with Crippen LogP contribution in [0, 0.1) is 5.41 Å². The Morgan fingerprint density at radius 2 is 1.67 bits per heavy atom. The molecule has 0 atom stereocenters. The molecule has 162 valence electrons. The van der Waals surface area contributed by atoms with E-state index in [-0.39, 0.29) is 17.3 Å². The summed E-state index contributed by atoms with van der Waals surface area (Å²) in [5, 5.41) is 4.30. The van der Waals surface area contributed by atoms with E-state index < -0.39 is 12.0 Å². The number of rotatable bonds is 3. The Labute approximate surface area is 172 Å². The minimum Gasteiger partial charge on any atom is -0.444 e. The van der Waals surface area contributed by atoms with Gasteiger partial charge in [0.05, 0.1) is 23.8 Å². The van der Waals surface area contributed by atoms with Crippen molar-refractivity contribution in [3.8, 4) is 11.4 Å². The quantitative estimate of drug-likeness (QED) is 0.750. The van der Waals surface area contributed by atoms with Crippen LogP contribution in [0.3, 0.4) is 0 Å². The molecule has 0 aliphatic carbocycles. The molecule has 1 aromatic heterocycles. The van der Waals surface area contributed by atoms with Gasteiger partial charge in [0.1, 0.15) is 11.4 Å². The average molecular weight is 424 g/mol. The van der Waals surface area contributed by atoms with E-state index in [4.69, 9.17) is 4.74 Å². The Balaban J connectivity index is 1.31. The average Bonchev–Trinajstić information content (AvgIpc) is 2.99. The van der Waals surface area contributed by atoms with Gasteiger partial charge in [-0.15, -0.1) is 13.2 Å². The molecule has 0 unspecified atom stereocenters. The third kappa shape index (κ3) is 4.31. The lowest BCUT2D eigenvalue weighted by Crippen LogP contribution is -2.73. The molecule has 3 heterocycles. The summed E-state index contributed by atoms with van der Waals surface area (Å²) < 4.78 is 47.7. The molecule has 1 spiro atoms. The van der Waals surface area contributed by atoms with E-state index >= 15 is 0 Å². The molecule has 2 saturated heterocycles. The Morgan fingerprint density at radius 3 is 2.23 bits per heavy atom. The summed E-state index contributed by atoms with van der Waals surface area (Å²) in [7, 11) is 0. The standard InChI is InChI=1S/C20H23F3N4O3/c1-18(2,3)30-17(28)26-12-19(13-26)10-25(11-19)15-8-24-27(9-15)14-4-6-16(7-5-14)29-20(21,22)23/h4-9H,10-13H2,1-3H3. The Bertz CT molecular complexity index is 920. The van der Waals surface area contributed by atoms with Gasteiger partial charge in [0, 0.05) is 31.6 Å². The topological polar surface area (TPSA) is 59.8 Å². The van der Waals surface area contributed by atoms with Crippen molar-refractivity contribution in [3.63, 3.8) is 0 Å². The number of nitrogens with zero attached hydrogens (tertiary/aromatic N) is 4. The maximum atomic E-state index is 12.3. The molecule has 2 fully saturated rings. The number of benzene rings is 1. The Hall–Kier alpha value is -2.91. The Morgan fingerprint density at radius 1 is 1.03 bits per heavy atom. The van der Waals surface area contributed by atoms with Gasteiger partial charge in [0.25, 0.3) is 0 Å². The van der Waals surface area contributed by atoms with Crippen LogP contribution in [0.25, 0.3) is 5.69 Å². The zero-order valence-electron chi connectivity index (χ0n) is 16.9. The molecule has 0 N–H and O–H groups in total. The van der Waals surface area contributed by atoms with Gasteiger partial charge in [-0.3, -0.25) is 0 Å². The van der Waals surface area contributed by atoms with Crippen molar-refractivity contribution in [2.45, 2.75) is 32.7 Å². The second-order valence-electron chi connectivity index (χ2n) is 8.88. The lowest BCUT2D eigenvalue weighted by molar-refractivity contribution is -0.274. The summed E-state index contributed by atoms with van der Waals surface area (Å²) in [5.74, 6) is -0.275. The molecule has 4 rings (SSSR count). The summed E-state index contributed by atoms with van der Waals surface area (Å²) in [6, 6.07) is 5.53. The van der Waals surface area contributed by atoms with Crippen molar-refractivity contribution in [3.05, 3.63) is 36.7 Å². The highest BCUT2D eigenvalue weighted by molar-refractivity contribution is 5.70. The van der Waals surface area contributed by atoms with E-state index in [1.165, 1.54) is 24.3 Å². The van der Waals surface area contributed by atoms with Crippen LogP contribution >= 0.6 is 0 Å². The predicted molar refractivity (Wildman–Crippen MR) is 103 cm³/mol. The summed E-state index contributed by atoms with van der Waals surface area (Å²) in [5.41, 5.74) is 1.14. The van der Waals surface area contributed by atoms with Gasteiger partial charge in [-0.25, -0.2) is 9.48 Å². The SMILES string of the molecule is CC(C)(C)OC(=O)N1CC2(C1)CN(c1cnn(-c3ccc(OC(F)(F)F)cc3)c1)C2. The number of alkyl halides is 3. The lowest BCUT2D eigenvalue weighted by atomic mass is 9.73. The molecule has 30 heavy (non-hydrogen) atoms. The zero-order valence-corrected chi connectivity index (χ0v) is 16.9. The number of amides is 1. The summed E-state index contributed by atoms with van der Waals surface area (Å²) in [6.45, 7) is 8.52. The van der Waals surface area contributed by atoms with E-state index in [9.17, 15) is 18.0 Å². The maximum absolute atomic E-state index is 12.3. The van der Waals surface area contributed by atoms with Crippen LogP contribution in [0.2, 0.25) is 0 Å². The molecule has 1 amide bonds. The highest BCUT2D eigenvalue weighted by atomic mass is 19.4. The fourth-order valence-corrected chi connectivity index (χ4v) is 3.78. The van der Waals surface area contributed by atoms with Crippen LogP contribution in [0.15, 0.2) is 36.7 Å². The predicted octanol–water partition coefficient (Wildman–Crippen LogP) is 3.83. The molecule has 0 bridgehead atoms. The largest absolute Gasteiger partial charge is 0.573 e. The minimum atomic E-state index is -4.71. The van der Waals surface area contributed by atoms with Gasteiger partial charge in [0.2, 0.25) is 0 Å². The molecule has 0 saturated carbocycles. The third-order valence-electron chi connectivity index (χ3n) is 5.03. The molecular weight excluding hydrogens is 401 g/mol. The van der Waals surface area contributed by atoms with Crippen molar-refractivity contribution >= 4 is 11.8 Å². The van der Waals surface area contributed by atoms with E-state index in [0.29, 0.717) is 18.8 Å². The van der Waals surface area contributed by atoms with Gasteiger partial charge in [-0.2, -0.15) is 5.10 Å². The smallest absolute Gasteiger partial charge is 0.444 e. The highest BCUT2D eigenvalue weighted by Gasteiger charge is 2.54. The normalized spacial score (nSPS) is 18.1. The molecule has 2 aromatic rings. The van der Waals surface area contributed by atoms with Crippen LogP contribution in [-0.2, 0) is 4.74 Å². The number of ether oxygens (including phenoxy) is 2. The number of halogens is 3. The van der Waals surface area contributed by atoms with Gasteiger partial charge in [-0.1, -0.05) is 0 Å². The van der Waals surface area contributed by atoms with Gasteiger partial charge >= 0.3 is 12.5 Å². The zero-order chi connectivity index (χ0) is 21.7. The number of hydrogen-bond acceptors (Lipinski definition) is 5. The van der Waals surface area contributed by atoms with E-state index in [0.717, 1.165) is 18.8 Å². The second-order valence-corrected chi connectivity index (χ2v) is 8.88. The van der Waals surface area contributed by atoms with E-state index in [1.807, 2.05) is 27.0 Å². The summed E-state index contributed by atoms with van der Waals surface area (Å²) in [4.78, 5) is 16.0. The number of anilines is 1. The van der Waals surface area contributed by atoms with Gasteiger partial charge < -0.3 is 19.3 Å². The first-order valence-electron chi connectivity index (χ1n) is 9.55. The van der Waals surface area contributed by atoms with E-state index in [2.05, 4.69) is 14.7 Å². The summed E-state index contributed by atoms with van der Waals surface area (Å²) >= 11 is 0. The number of hydrogen-bond donors (Lipinski definition) is 0. The van der Waals surface area contributed by atoms with Crippen LogP contribution in [-0.4, -0.2) is 58.9 Å². The molecule has 2 aliphatic rings. The number of likely N-dealkylation sites (tertiary alicyclic amines) is 1. The first-order chi connectivity index (χ1) is 13.9. The van der Waals surface area contributed by atoms with Gasteiger partial charge in [-0.05, 0) is 45.0 Å². The first kappa shape index (κ1) is 20.4. The molecule has 0 radical (unpaired) electrons. The van der Waals surface area contributed by atoms with Crippen molar-refractivity contribution in [1.29, 1.82) is 0 Å². The van der Waals surface area contributed by atoms with Crippen molar-refractivity contribution in [2.75, 3.05) is 31.1 Å². The number of carbonyl (C=O) groups excluding carboxylic acids is 1. The van der Waals surface area contributed by atoms with Crippen LogP contribution in [0.5, 0.6) is 5.75 Å². The van der Waals surface area contributed by atoms with Crippen molar-refractivity contribution in [2.24, 2.45) is 5.41 Å². The van der Waals surface area contributed by atoms with E-state index in [1.54, 1.807) is 15.8 Å². The lowest BCUT2D eigenvalue weighted by Gasteiger charge is -2.60. The first-order valence-corrected chi connectivity index (χ1v) is 9.55. The van der Waals surface area contributed by atoms with Crippen LogP contribution in [0.1, 0.15) is 20.8 Å². The second kappa shape index (κ2) is 6.82.